The van der Waals surface area contributed by atoms with Crippen LogP contribution in [0.2, 0.25) is 0 Å². The zero-order valence-electron chi connectivity index (χ0n) is 15.0. The molecule has 0 saturated heterocycles. The molecule has 0 amide bonds. The van der Waals surface area contributed by atoms with E-state index in [9.17, 15) is 4.79 Å². The van der Waals surface area contributed by atoms with Gasteiger partial charge in [-0.05, 0) is 33.9 Å². The molecule has 0 aromatic heterocycles. The molecule has 1 heterocycles. The number of quaternary nitrogens is 1. The molecule has 26 heavy (non-hydrogen) atoms. The Morgan fingerprint density at radius 3 is 2.38 bits per heavy atom. The number of methoxy groups -OCH3 is 1. The third-order valence-electron chi connectivity index (χ3n) is 5.19. The van der Waals surface area contributed by atoms with Gasteiger partial charge in [-0.1, -0.05) is 54.6 Å². The number of carbonyl (C=O) groups is 1. The number of rotatable bonds is 3. The maximum atomic E-state index is 11.9. The Kier molecular flexibility index (Phi) is 5.17. The Hall–Kier alpha value is -2.17. The van der Waals surface area contributed by atoms with Crippen molar-refractivity contribution < 1.29 is 31.0 Å². The maximum absolute atomic E-state index is 11.9. The average Bonchev–Trinajstić information content (AvgIpc) is 2.95. The van der Waals surface area contributed by atoms with Crippen LogP contribution in [0.3, 0.4) is 0 Å². The van der Waals surface area contributed by atoms with Crippen LogP contribution in [0.5, 0.6) is 0 Å². The Morgan fingerprint density at radius 1 is 1.04 bits per heavy atom. The molecule has 2 aromatic carbocycles. The number of nitrogens with zero attached hydrogens (tertiary/aromatic N) is 1. The summed E-state index contributed by atoms with van der Waals surface area (Å²) in [6.07, 6.45) is 2.29. The SMILES string of the molecule is COC(=O)C[N+]1(C)CC=C2C(=C(c3ccccc3)c3ccccc32)C1.[Br-]. The number of hydrogen-bond donors (Lipinski definition) is 0. The third-order valence-corrected chi connectivity index (χ3v) is 5.19. The average molecular weight is 412 g/mol. The third kappa shape index (κ3) is 3.15. The van der Waals surface area contributed by atoms with Crippen LogP contribution < -0.4 is 17.0 Å². The highest BCUT2D eigenvalue weighted by atomic mass is 79.9. The van der Waals surface area contributed by atoms with E-state index in [1.54, 1.807) is 0 Å². The van der Waals surface area contributed by atoms with E-state index in [2.05, 4.69) is 61.7 Å². The molecule has 0 N–H and O–H groups in total. The fourth-order valence-corrected chi connectivity index (χ4v) is 3.98. The molecule has 1 aliphatic carbocycles. The second-order valence-corrected chi connectivity index (χ2v) is 7.08. The van der Waals surface area contributed by atoms with Crippen molar-refractivity contribution in [3.8, 4) is 0 Å². The molecule has 4 rings (SSSR count). The second kappa shape index (κ2) is 7.22. The molecule has 2 aliphatic rings. The van der Waals surface area contributed by atoms with Crippen molar-refractivity contribution in [3.63, 3.8) is 0 Å². The van der Waals surface area contributed by atoms with Crippen LogP contribution >= 0.6 is 0 Å². The zero-order chi connectivity index (χ0) is 17.4. The predicted octanol–water partition coefficient (Wildman–Crippen LogP) is 0.523. The van der Waals surface area contributed by atoms with Crippen molar-refractivity contribution in [2.24, 2.45) is 0 Å². The fourth-order valence-electron chi connectivity index (χ4n) is 3.98. The Labute approximate surface area is 165 Å². The standard InChI is InChI=1S/C22H22NO2.BrH/c1-23(15-21(24)25-2)13-12-18-17-10-6-7-11-19(17)22(20(18)14-23)16-8-4-3-5-9-16;/h3-12H,13-15H2,1-2H3;1H/q+1;/p-1. The lowest BCUT2D eigenvalue weighted by atomic mass is 9.95. The lowest BCUT2D eigenvalue weighted by Gasteiger charge is -2.36. The summed E-state index contributed by atoms with van der Waals surface area (Å²) < 4.78 is 5.56. The molecule has 2 aromatic rings. The largest absolute Gasteiger partial charge is 1.00 e. The minimum atomic E-state index is -0.156. The summed E-state index contributed by atoms with van der Waals surface area (Å²) in [6.45, 7) is 2.06. The van der Waals surface area contributed by atoms with E-state index in [1.165, 1.54) is 40.5 Å². The number of halogens is 1. The normalized spacial score (nSPS) is 20.6. The summed E-state index contributed by atoms with van der Waals surface area (Å²) in [5, 5.41) is 0. The van der Waals surface area contributed by atoms with Crippen LogP contribution in [0.1, 0.15) is 16.7 Å². The smallest absolute Gasteiger partial charge is 0.361 e. The first-order valence-corrected chi connectivity index (χ1v) is 8.60. The van der Waals surface area contributed by atoms with Gasteiger partial charge in [0.2, 0.25) is 0 Å². The summed E-state index contributed by atoms with van der Waals surface area (Å²) >= 11 is 0. The number of likely N-dealkylation sites (N-methyl/N-ethyl adjacent to an activating group) is 1. The minimum absolute atomic E-state index is 0. The van der Waals surface area contributed by atoms with Crippen molar-refractivity contribution in [3.05, 3.63) is 82.9 Å². The van der Waals surface area contributed by atoms with Crippen LogP contribution in [-0.4, -0.2) is 44.2 Å². The first kappa shape index (κ1) is 18.6. The van der Waals surface area contributed by atoms with Crippen molar-refractivity contribution in [2.45, 2.75) is 0 Å². The van der Waals surface area contributed by atoms with Gasteiger partial charge in [0.05, 0.1) is 20.7 Å². The summed E-state index contributed by atoms with van der Waals surface area (Å²) in [7, 11) is 3.59. The molecule has 4 heteroatoms. The topological polar surface area (TPSA) is 26.3 Å². The monoisotopic (exact) mass is 411 g/mol. The van der Waals surface area contributed by atoms with Crippen molar-refractivity contribution in [2.75, 3.05) is 33.8 Å². The number of hydrogen-bond acceptors (Lipinski definition) is 2. The van der Waals surface area contributed by atoms with E-state index < -0.39 is 0 Å². The first-order valence-electron chi connectivity index (χ1n) is 8.60. The van der Waals surface area contributed by atoms with Gasteiger partial charge in [-0.2, -0.15) is 0 Å². The highest BCUT2D eigenvalue weighted by Gasteiger charge is 2.37. The number of ether oxygens (including phenoxy) is 1. The molecular weight excluding hydrogens is 390 g/mol. The molecular formula is C22H22BrNO2. The number of carbonyl (C=O) groups excluding carboxylic acids is 1. The van der Waals surface area contributed by atoms with Crippen molar-refractivity contribution in [1.82, 2.24) is 0 Å². The van der Waals surface area contributed by atoms with E-state index in [0.29, 0.717) is 11.0 Å². The molecule has 134 valence electrons. The van der Waals surface area contributed by atoms with Crippen LogP contribution in [-0.2, 0) is 9.53 Å². The van der Waals surface area contributed by atoms with E-state index in [4.69, 9.17) is 4.74 Å². The molecule has 0 bridgehead atoms. The lowest BCUT2D eigenvalue weighted by molar-refractivity contribution is -0.892. The van der Waals surface area contributed by atoms with E-state index in [-0.39, 0.29) is 23.0 Å². The highest BCUT2D eigenvalue weighted by molar-refractivity contribution is 6.05. The zero-order valence-corrected chi connectivity index (χ0v) is 16.6. The Bertz CT molecular complexity index is 901. The van der Waals surface area contributed by atoms with Gasteiger partial charge < -0.3 is 26.2 Å². The summed E-state index contributed by atoms with van der Waals surface area (Å²) in [5.74, 6) is -0.156. The van der Waals surface area contributed by atoms with Crippen LogP contribution in [0.25, 0.3) is 11.1 Å². The van der Waals surface area contributed by atoms with Gasteiger partial charge in [0, 0.05) is 5.57 Å². The van der Waals surface area contributed by atoms with Gasteiger partial charge in [0.25, 0.3) is 0 Å². The summed E-state index contributed by atoms with van der Waals surface area (Å²) in [6, 6.07) is 19.1. The van der Waals surface area contributed by atoms with Gasteiger partial charge in [-0.3, -0.25) is 0 Å². The molecule has 1 atom stereocenters. The van der Waals surface area contributed by atoms with Gasteiger partial charge in [0.15, 0.2) is 6.54 Å². The van der Waals surface area contributed by atoms with Crippen molar-refractivity contribution in [1.29, 1.82) is 0 Å². The predicted molar refractivity (Wildman–Crippen MR) is 99.7 cm³/mol. The van der Waals surface area contributed by atoms with E-state index >= 15 is 0 Å². The van der Waals surface area contributed by atoms with Gasteiger partial charge in [0.1, 0.15) is 6.54 Å². The second-order valence-electron chi connectivity index (χ2n) is 7.08. The van der Waals surface area contributed by atoms with Gasteiger partial charge in [-0.25, -0.2) is 4.79 Å². The molecule has 0 spiro atoms. The first-order chi connectivity index (χ1) is 12.1. The maximum Gasteiger partial charge on any atom is 0.361 e. The minimum Gasteiger partial charge on any atom is -1.00 e. The number of esters is 1. The molecule has 3 nitrogen and oxygen atoms in total. The molecule has 1 aliphatic heterocycles. The quantitative estimate of drug-likeness (QED) is 0.543. The van der Waals surface area contributed by atoms with Crippen LogP contribution in [0.15, 0.2) is 66.2 Å². The molecule has 0 saturated carbocycles. The molecule has 0 fully saturated rings. The highest BCUT2D eigenvalue weighted by Crippen LogP contribution is 2.46. The summed E-state index contributed by atoms with van der Waals surface area (Å²) in [4.78, 5) is 11.9. The van der Waals surface area contributed by atoms with Gasteiger partial charge in [-0.15, -0.1) is 0 Å². The molecule has 1 unspecified atom stereocenters. The fraction of sp³-hybridized carbons (Fsp3) is 0.227. The number of benzene rings is 2. The summed E-state index contributed by atoms with van der Waals surface area (Å²) in [5.41, 5.74) is 7.80. The van der Waals surface area contributed by atoms with Crippen LogP contribution in [0.4, 0.5) is 0 Å². The van der Waals surface area contributed by atoms with E-state index in [0.717, 1.165) is 13.1 Å². The molecule has 0 radical (unpaired) electrons. The Balaban J connectivity index is 0.00000196. The lowest BCUT2D eigenvalue weighted by Crippen LogP contribution is -3.00. The van der Waals surface area contributed by atoms with Gasteiger partial charge >= 0.3 is 5.97 Å². The number of fused-ring (bicyclic) bond motifs is 3. The van der Waals surface area contributed by atoms with Crippen LogP contribution in [0, 0.1) is 0 Å². The Morgan fingerprint density at radius 2 is 1.69 bits per heavy atom. The van der Waals surface area contributed by atoms with Crippen molar-refractivity contribution >= 4 is 17.1 Å². The van der Waals surface area contributed by atoms with E-state index in [1.807, 2.05) is 6.07 Å².